The minimum absolute atomic E-state index is 0.00620. The van der Waals surface area contributed by atoms with Gasteiger partial charge < -0.3 is 9.84 Å². The maximum atomic E-state index is 11.7. The van der Waals surface area contributed by atoms with Gasteiger partial charge in [-0.05, 0) is 25.2 Å². The first-order chi connectivity index (χ1) is 7.85. The van der Waals surface area contributed by atoms with Crippen LogP contribution in [0.1, 0.15) is 47.0 Å². The number of ether oxygens (including phenoxy) is 1. The Hall–Kier alpha value is -0.570. The van der Waals surface area contributed by atoms with Crippen LogP contribution < -0.4 is 0 Å². The molecule has 17 heavy (non-hydrogen) atoms. The van der Waals surface area contributed by atoms with E-state index in [0.717, 1.165) is 19.3 Å². The second-order valence-corrected chi connectivity index (χ2v) is 6.54. The molecule has 0 amide bonds. The van der Waals surface area contributed by atoms with E-state index in [4.69, 9.17) is 4.74 Å². The van der Waals surface area contributed by atoms with E-state index < -0.39 is 0 Å². The van der Waals surface area contributed by atoms with Gasteiger partial charge in [-0.1, -0.05) is 27.7 Å². The Morgan fingerprint density at radius 2 is 2.12 bits per heavy atom. The number of fused-ring (bicyclic) bond motifs is 2. The van der Waals surface area contributed by atoms with E-state index in [9.17, 15) is 9.90 Å². The molecule has 2 aliphatic carbocycles. The number of hydrogen-bond acceptors (Lipinski definition) is 3. The lowest BCUT2D eigenvalue weighted by Crippen LogP contribution is -2.42. The highest BCUT2D eigenvalue weighted by molar-refractivity contribution is 5.71. The molecule has 0 saturated heterocycles. The van der Waals surface area contributed by atoms with Gasteiger partial charge in [0.05, 0.1) is 5.92 Å². The number of hydrogen-bond donors (Lipinski definition) is 1. The molecule has 0 aromatic rings. The molecule has 2 rings (SSSR count). The fourth-order valence-corrected chi connectivity index (χ4v) is 3.73. The highest BCUT2D eigenvalue weighted by Gasteiger charge is 2.64. The van der Waals surface area contributed by atoms with E-state index in [2.05, 4.69) is 13.8 Å². The van der Waals surface area contributed by atoms with Crippen molar-refractivity contribution in [3.63, 3.8) is 0 Å². The van der Waals surface area contributed by atoms with Crippen LogP contribution in [-0.4, -0.2) is 23.8 Å². The number of carbonyl (C=O) groups excluding carboxylic acids is 1. The fourth-order valence-electron chi connectivity index (χ4n) is 3.73. The molecule has 0 aromatic heterocycles. The molecule has 3 nitrogen and oxygen atoms in total. The van der Waals surface area contributed by atoms with E-state index in [1.807, 2.05) is 13.8 Å². The van der Waals surface area contributed by atoms with Crippen LogP contribution in [0.5, 0.6) is 0 Å². The molecule has 0 heterocycles. The molecule has 0 aromatic carbocycles. The predicted octanol–water partition coefficient (Wildman–Crippen LogP) is 2.37. The van der Waals surface area contributed by atoms with Crippen molar-refractivity contribution in [1.82, 2.24) is 0 Å². The Morgan fingerprint density at radius 1 is 1.47 bits per heavy atom. The summed E-state index contributed by atoms with van der Waals surface area (Å²) in [5.41, 5.74) is -0.119. The molecule has 2 aliphatic rings. The number of esters is 1. The molecule has 1 N–H and O–H groups in total. The molecular weight excluding hydrogens is 216 g/mol. The molecule has 0 aliphatic heterocycles. The number of rotatable bonds is 3. The van der Waals surface area contributed by atoms with Crippen LogP contribution in [-0.2, 0) is 9.53 Å². The first-order valence-electron chi connectivity index (χ1n) is 6.66. The molecule has 2 saturated carbocycles. The predicted molar refractivity (Wildman–Crippen MR) is 65.4 cm³/mol. The van der Waals surface area contributed by atoms with Crippen LogP contribution in [0.2, 0.25) is 0 Å². The van der Waals surface area contributed by atoms with Gasteiger partial charge in [0.15, 0.2) is 0 Å². The third kappa shape index (κ3) is 1.62. The first kappa shape index (κ1) is 12.9. The average Bonchev–Trinajstić information content (AvgIpc) is 2.64. The maximum absolute atomic E-state index is 11.7. The van der Waals surface area contributed by atoms with Crippen molar-refractivity contribution in [2.75, 3.05) is 6.61 Å². The summed E-state index contributed by atoms with van der Waals surface area (Å²) in [6.45, 7) is 8.25. The Balaban J connectivity index is 2.16. The van der Waals surface area contributed by atoms with Crippen molar-refractivity contribution in [2.45, 2.75) is 53.1 Å². The van der Waals surface area contributed by atoms with Gasteiger partial charge in [0.25, 0.3) is 0 Å². The average molecular weight is 240 g/mol. The standard InChI is InChI=1S/C14H24O3/c1-9(2)12(16)17-11-7-10-5-6-13(11,3)14(10,4)8-15/h9-11,15H,5-8H2,1-4H3. The van der Waals surface area contributed by atoms with Crippen LogP contribution in [0.3, 0.4) is 0 Å². The molecule has 98 valence electrons. The van der Waals surface area contributed by atoms with Crippen molar-refractivity contribution in [1.29, 1.82) is 0 Å². The van der Waals surface area contributed by atoms with Crippen molar-refractivity contribution >= 4 is 5.97 Å². The van der Waals surface area contributed by atoms with Crippen LogP contribution >= 0.6 is 0 Å². The Kier molecular flexibility index (Phi) is 3.01. The molecule has 4 atom stereocenters. The first-order valence-corrected chi connectivity index (χ1v) is 6.66. The van der Waals surface area contributed by atoms with Gasteiger partial charge in [-0.2, -0.15) is 0 Å². The second-order valence-electron chi connectivity index (χ2n) is 6.54. The van der Waals surface area contributed by atoms with Crippen molar-refractivity contribution < 1.29 is 14.6 Å². The van der Waals surface area contributed by atoms with Crippen molar-refractivity contribution in [2.24, 2.45) is 22.7 Å². The van der Waals surface area contributed by atoms with Gasteiger partial charge in [-0.3, -0.25) is 4.79 Å². The lowest BCUT2D eigenvalue weighted by atomic mass is 9.69. The molecular formula is C14H24O3. The summed E-state index contributed by atoms with van der Waals surface area (Å²) in [5, 5.41) is 9.69. The van der Waals surface area contributed by atoms with Crippen LogP contribution in [0.4, 0.5) is 0 Å². The quantitative estimate of drug-likeness (QED) is 0.770. The fraction of sp³-hybridized carbons (Fsp3) is 0.929. The second kappa shape index (κ2) is 3.98. The molecule has 3 heteroatoms. The normalized spacial score (nSPS) is 44.4. The molecule has 4 unspecified atom stereocenters. The van der Waals surface area contributed by atoms with E-state index in [-0.39, 0.29) is 35.4 Å². The third-order valence-corrected chi connectivity index (χ3v) is 5.49. The summed E-state index contributed by atoms with van der Waals surface area (Å²) >= 11 is 0. The van der Waals surface area contributed by atoms with E-state index in [1.54, 1.807) is 0 Å². The zero-order valence-corrected chi connectivity index (χ0v) is 11.3. The van der Waals surface area contributed by atoms with Crippen molar-refractivity contribution in [3.8, 4) is 0 Å². The minimum atomic E-state index is -0.107. The zero-order valence-electron chi connectivity index (χ0n) is 11.3. The minimum Gasteiger partial charge on any atom is -0.462 e. The maximum Gasteiger partial charge on any atom is 0.308 e. The lowest BCUT2D eigenvalue weighted by molar-refractivity contribution is -0.161. The molecule has 2 bridgehead atoms. The summed E-state index contributed by atoms with van der Waals surface area (Å²) < 4.78 is 5.66. The van der Waals surface area contributed by atoms with E-state index in [0.29, 0.717) is 5.92 Å². The van der Waals surface area contributed by atoms with Crippen LogP contribution in [0.25, 0.3) is 0 Å². The van der Waals surface area contributed by atoms with Crippen LogP contribution in [0, 0.1) is 22.7 Å². The smallest absolute Gasteiger partial charge is 0.308 e. The molecule has 0 spiro atoms. The monoisotopic (exact) mass is 240 g/mol. The van der Waals surface area contributed by atoms with Gasteiger partial charge in [-0.25, -0.2) is 0 Å². The van der Waals surface area contributed by atoms with Gasteiger partial charge in [0.2, 0.25) is 0 Å². The van der Waals surface area contributed by atoms with Gasteiger partial charge in [0, 0.05) is 17.4 Å². The van der Waals surface area contributed by atoms with Gasteiger partial charge in [0.1, 0.15) is 6.10 Å². The Morgan fingerprint density at radius 3 is 2.59 bits per heavy atom. The summed E-state index contributed by atoms with van der Waals surface area (Å²) in [6, 6.07) is 0. The van der Waals surface area contributed by atoms with Gasteiger partial charge in [-0.15, -0.1) is 0 Å². The zero-order chi connectivity index (χ0) is 12.8. The number of carbonyl (C=O) groups is 1. The Bertz CT molecular complexity index is 325. The third-order valence-electron chi connectivity index (χ3n) is 5.49. The molecule has 2 fully saturated rings. The summed E-state index contributed by atoms with van der Waals surface area (Å²) in [5.74, 6) is 0.324. The summed E-state index contributed by atoms with van der Waals surface area (Å²) in [7, 11) is 0. The van der Waals surface area contributed by atoms with E-state index >= 15 is 0 Å². The highest BCUT2D eigenvalue weighted by Crippen LogP contribution is 2.66. The molecule has 0 radical (unpaired) electrons. The topological polar surface area (TPSA) is 46.5 Å². The summed E-state index contributed by atoms with van der Waals surface area (Å²) in [6.07, 6.45) is 3.13. The van der Waals surface area contributed by atoms with Crippen LogP contribution in [0.15, 0.2) is 0 Å². The summed E-state index contributed by atoms with van der Waals surface area (Å²) in [4.78, 5) is 11.7. The van der Waals surface area contributed by atoms with Crippen molar-refractivity contribution in [3.05, 3.63) is 0 Å². The van der Waals surface area contributed by atoms with Gasteiger partial charge >= 0.3 is 5.97 Å². The number of aliphatic hydroxyl groups excluding tert-OH is 1. The lowest BCUT2D eigenvalue weighted by Gasteiger charge is -2.39. The van der Waals surface area contributed by atoms with E-state index in [1.165, 1.54) is 0 Å². The Labute approximate surface area is 104 Å². The largest absolute Gasteiger partial charge is 0.462 e. The highest BCUT2D eigenvalue weighted by atomic mass is 16.5. The number of aliphatic hydroxyl groups is 1. The SMILES string of the molecule is CC(C)C(=O)OC1CC2CCC1(C)C2(C)CO.